The highest BCUT2D eigenvalue weighted by atomic mass is 32.1. The summed E-state index contributed by atoms with van der Waals surface area (Å²) in [6.07, 6.45) is 6.68. The summed E-state index contributed by atoms with van der Waals surface area (Å²) in [5.74, 6) is 0.295. The SMILES string of the molecule is CCOC(=O)c1c(NC(=O)c2cccc(Oc3ccccn3)c2)sc2c1CCCCC2. The van der Waals surface area contributed by atoms with Crippen LogP contribution in [-0.2, 0) is 17.6 Å². The normalized spacial score (nSPS) is 13.1. The first kappa shape index (κ1) is 21.1. The predicted octanol–water partition coefficient (Wildman–Crippen LogP) is 5.63. The van der Waals surface area contributed by atoms with Crippen molar-refractivity contribution in [1.82, 2.24) is 4.98 Å². The maximum atomic E-state index is 13.0. The Kier molecular flexibility index (Phi) is 6.62. The molecule has 0 radical (unpaired) electrons. The van der Waals surface area contributed by atoms with E-state index in [2.05, 4.69) is 10.3 Å². The minimum Gasteiger partial charge on any atom is -0.462 e. The quantitative estimate of drug-likeness (QED) is 0.400. The lowest BCUT2D eigenvalue weighted by Gasteiger charge is -2.09. The van der Waals surface area contributed by atoms with Gasteiger partial charge in [0.1, 0.15) is 10.8 Å². The fraction of sp³-hybridized carbons (Fsp3) is 0.292. The second kappa shape index (κ2) is 9.75. The summed E-state index contributed by atoms with van der Waals surface area (Å²) >= 11 is 1.49. The molecule has 0 bridgehead atoms. The lowest BCUT2D eigenvalue weighted by Crippen LogP contribution is -2.15. The first-order chi connectivity index (χ1) is 15.2. The van der Waals surface area contributed by atoms with E-state index in [9.17, 15) is 9.59 Å². The minimum absolute atomic E-state index is 0.295. The first-order valence-electron chi connectivity index (χ1n) is 10.5. The second-order valence-corrected chi connectivity index (χ2v) is 8.35. The zero-order valence-corrected chi connectivity index (χ0v) is 18.2. The summed E-state index contributed by atoms with van der Waals surface area (Å²) in [4.78, 5) is 31.0. The highest BCUT2D eigenvalue weighted by molar-refractivity contribution is 7.17. The number of fused-ring (bicyclic) bond motifs is 1. The van der Waals surface area contributed by atoms with E-state index >= 15 is 0 Å². The van der Waals surface area contributed by atoms with Crippen molar-refractivity contribution < 1.29 is 19.1 Å². The van der Waals surface area contributed by atoms with Crippen LogP contribution in [0.4, 0.5) is 5.00 Å². The van der Waals surface area contributed by atoms with Gasteiger partial charge in [-0.2, -0.15) is 0 Å². The molecule has 1 aliphatic carbocycles. The molecule has 3 aromatic rings. The summed E-state index contributed by atoms with van der Waals surface area (Å²) in [7, 11) is 0. The summed E-state index contributed by atoms with van der Waals surface area (Å²) in [6.45, 7) is 2.08. The van der Waals surface area contributed by atoms with Gasteiger partial charge in [0.15, 0.2) is 0 Å². The van der Waals surface area contributed by atoms with Gasteiger partial charge in [0.25, 0.3) is 5.91 Å². The third-order valence-electron chi connectivity index (χ3n) is 5.08. The van der Waals surface area contributed by atoms with E-state index in [4.69, 9.17) is 9.47 Å². The van der Waals surface area contributed by atoms with Gasteiger partial charge in [0.05, 0.1) is 12.2 Å². The lowest BCUT2D eigenvalue weighted by atomic mass is 10.1. The molecular weight excluding hydrogens is 412 g/mol. The largest absolute Gasteiger partial charge is 0.462 e. The van der Waals surface area contributed by atoms with Gasteiger partial charge in [0.2, 0.25) is 5.88 Å². The number of nitrogens with zero attached hydrogens (tertiary/aromatic N) is 1. The number of aromatic nitrogens is 1. The van der Waals surface area contributed by atoms with Gasteiger partial charge in [-0.25, -0.2) is 9.78 Å². The number of esters is 1. The number of hydrogen-bond acceptors (Lipinski definition) is 6. The van der Waals surface area contributed by atoms with Crippen molar-refractivity contribution in [2.75, 3.05) is 11.9 Å². The standard InChI is InChI=1S/C24H24N2O4S/c1-2-29-24(28)21-18-11-4-3-5-12-19(18)31-23(21)26-22(27)16-9-8-10-17(15-16)30-20-13-6-7-14-25-20/h6-10,13-15H,2-5,11-12H2,1H3,(H,26,27). The van der Waals surface area contributed by atoms with Gasteiger partial charge < -0.3 is 14.8 Å². The van der Waals surface area contributed by atoms with E-state index in [1.54, 1.807) is 49.5 Å². The molecule has 0 saturated heterocycles. The molecule has 0 unspecified atom stereocenters. The van der Waals surface area contributed by atoms with Gasteiger partial charge in [0, 0.05) is 22.7 Å². The number of anilines is 1. The number of benzene rings is 1. The molecule has 1 aromatic carbocycles. The number of pyridine rings is 1. The highest BCUT2D eigenvalue weighted by Crippen LogP contribution is 2.38. The van der Waals surface area contributed by atoms with E-state index in [1.165, 1.54) is 16.2 Å². The van der Waals surface area contributed by atoms with Crippen molar-refractivity contribution in [2.24, 2.45) is 0 Å². The van der Waals surface area contributed by atoms with E-state index in [0.717, 1.165) is 37.7 Å². The van der Waals surface area contributed by atoms with Crippen LogP contribution in [0.15, 0.2) is 48.7 Å². The molecule has 0 spiro atoms. The number of carbonyl (C=O) groups is 2. The first-order valence-corrected chi connectivity index (χ1v) is 11.3. The lowest BCUT2D eigenvalue weighted by molar-refractivity contribution is 0.0527. The number of thiophene rings is 1. The Bertz CT molecular complexity index is 1080. The molecule has 2 heterocycles. The van der Waals surface area contributed by atoms with Crippen molar-refractivity contribution in [3.05, 3.63) is 70.2 Å². The molecule has 0 atom stereocenters. The monoisotopic (exact) mass is 436 g/mol. The van der Waals surface area contributed by atoms with E-state index in [0.29, 0.717) is 34.4 Å². The zero-order valence-electron chi connectivity index (χ0n) is 17.3. The number of hydrogen-bond donors (Lipinski definition) is 1. The summed E-state index contributed by atoms with van der Waals surface area (Å²) < 4.78 is 11.0. The van der Waals surface area contributed by atoms with Crippen LogP contribution >= 0.6 is 11.3 Å². The molecule has 4 rings (SSSR count). The van der Waals surface area contributed by atoms with Crippen molar-refractivity contribution in [3.8, 4) is 11.6 Å². The third kappa shape index (κ3) is 4.94. The number of carbonyl (C=O) groups excluding carboxylic acids is 2. The number of amides is 1. The van der Waals surface area contributed by atoms with Crippen molar-refractivity contribution >= 4 is 28.2 Å². The van der Waals surface area contributed by atoms with Crippen LogP contribution in [0.2, 0.25) is 0 Å². The maximum Gasteiger partial charge on any atom is 0.341 e. The van der Waals surface area contributed by atoms with E-state index < -0.39 is 0 Å². The topological polar surface area (TPSA) is 77.5 Å². The van der Waals surface area contributed by atoms with Crippen LogP contribution in [0, 0.1) is 0 Å². The van der Waals surface area contributed by atoms with Crippen molar-refractivity contribution in [3.63, 3.8) is 0 Å². The van der Waals surface area contributed by atoms with Gasteiger partial charge in [-0.3, -0.25) is 4.79 Å². The molecule has 7 heteroatoms. The fourth-order valence-corrected chi connectivity index (χ4v) is 4.93. The van der Waals surface area contributed by atoms with Gasteiger partial charge in [-0.1, -0.05) is 18.6 Å². The molecule has 1 N–H and O–H groups in total. The Morgan fingerprint density at radius 1 is 1.10 bits per heavy atom. The third-order valence-corrected chi connectivity index (χ3v) is 6.29. The molecular formula is C24H24N2O4S. The van der Waals surface area contributed by atoms with Gasteiger partial charge >= 0.3 is 5.97 Å². The Morgan fingerprint density at radius 2 is 1.97 bits per heavy atom. The predicted molar refractivity (Wildman–Crippen MR) is 120 cm³/mol. The Hall–Kier alpha value is -3.19. The Morgan fingerprint density at radius 3 is 2.77 bits per heavy atom. The molecule has 31 heavy (non-hydrogen) atoms. The Labute approximate surface area is 185 Å². The van der Waals surface area contributed by atoms with Gasteiger partial charge in [-0.15, -0.1) is 11.3 Å². The highest BCUT2D eigenvalue weighted by Gasteiger charge is 2.26. The fourth-order valence-electron chi connectivity index (χ4n) is 3.65. The van der Waals surface area contributed by atoms with Crippen LogP contribution in [-0.4, -0.2) is 23.5 Å². The zero-order chi connectivity index (χ0) is 21.6. The number of nitrogens with one attached hydrogen (secondary N) is 1. The summed E-state index contributed by atoms with van der Waals surface area (Å²) in [5.41, 5.74) is 1.98. The smallest absolute Gasteiger partial charge is 0.341 e. The molecule has 2 aromatic heterocycles. The van der Waals surface area contributed by atoms with Crippen LogP contribution in [0.5, 0.6) is 11.6 Å². The van der Waals surface area contributed by atoms with Crippen molar-refractivity contribution in [1.29, 1.82) is 0 Å². The molecule has 160 valence electrons. The molecule has 6 nitrogen and oxygen atoms in total. The second-order valence-electron chi connectivity index (χ2n) is 7.24. The van der Waals surface area contributed by atoms with E-state index in [-0.39, 0.29) is 11.9 Å². The van der Waals surface area contributed by atoms with Crippen LogP contribution in [0.3, 0.4) is 0 Å². The molecule has 1 amide bonds. The average Bonchev–Trinajstić information content (AvgIpc) is 2.95. The van der Waals surface area contributed by atoms with Crippen LogP contribution < -0.4 is 10.1 Å². The number of ether oxygens (including phenoxy) is 2. The van der Waals surface area contributed by atoms with Crippen molar-refractivity contribution in [2.45, 2.75) is 39.0 Å². The van der Waals surface area contributed by atoms with Crippen LogP contribution in [0.25, 0.3) is 0 Å². The van der Waals surface area contributed by atoms with Gasteiger partial charge in [-0.05, 0) is 62.4 Å². The summed E-state index contributed by atoms with van der Waals surface area (Å²) in [5, 5.41) is 3.50. The number of rotatable bonds is 6. The molecule has 0 fully saturated rings. The molecule has 0 saturated carbocycles. The maximum absolute atomic E-state index is 13.0. The summed E-state index contributed by atoms with van der Waals surface area (Å²) in [6, 6.07) is 12.3. The minimum atomic E-state index is -0.371. The molecule has 0 aliphatic heterocycles. The Balaban J connectivity index is 1.58. The average molecular weight is 437 g/mol. The number of aryl methyl sites for hydroxylation is 1. The molecule has 1 aliphatic rings. The van der Waals surface area contributed by atoms with Crippen LogP contribution in [0.1, 0.15) is 57.3 Å². The van der Waals surface area contributed by atoms with E-state index in [1.807, 2.05) is 6.07 Å².